The first-order valence-corrected chi connectivity index (χ1v) is 6.69. The van der Waals surface area contributed by atoms with Crippen LogP contribution in [0.5, 0.6) is 0 Å². The van der Waals surface area contributed by atoms with Crippen molar-refractivity contribution < 1.29 is 4.79 Å². The molecule has 1 N–H and O–H groups in total. The summed E-state index contributed by atoms with van der Waals surface area (Å²) < 4.78 is 0. The van der Waals surface area contributed by atoms with E-state index in [1.165, 1.54) is 6.33 Å². The van der Waals surface area contributed by atoms with E-state index < -0.39 is 0 Å². The molecule has 0 radical (unpaired) electrons. The molecule has 1 aliphatic heterocycles. The number of hydrogen-bond donors (Lipinski definition) is 1. The lowest BCUT2D eigenvalue weighted by atomic mass is 10.3. The molecule has 1 fully saturated rings. The standard InChI is InChI=1S/C12H18ClN5O/c1-17-4-6-18(7-5-17)3-2-14-12-10(8-19)11(13)15-9-16-12/h8-9H,2-7H2,1H3,(H,14,15,16). The number of anilines is 1. The minimum Gasteiger partial charge on any atom is -0.368 e. The molecule has 0 atom stereocenters. The second-order valence-corrected chi connectivity index (χ2v) is 4.97. The number of aromatic nitrogens is 2. The molecule has 0 bridgehead atoms. The van der Waals surface area contributed by atoms with Crippen LogP contribution in [0.1, 0.15) is 10.4 Å². The molecule has 1 aromatic heterocycles. The summed E-state index contributed by atoms with van der Waals surface area (Å²) in [4.78, 5) is 23.5. The van der Waals surface area contributed by atoms with Crippen LogP contribution < -0.4 is 5.32 Å². The van der Waals surface area contributed by atoms with Gasteiger partial charge in [-0.15, -0.1) is 0 Å². The van der Waals surface area contributed by atoms with Crippen molar-refractivity contribution in [3.63, 3.8) is 0 Å². The lowest BCUT2D eigenvalue weighted by Gasteiger charge is -2.32. The van der Waals surface area contributed by atoms with Gasteiger partial charge in [0.05, 0.1) is 5.56 Å². The van der Waals surface area contributed by atoms with Gasteiger partial charge in [0.2, 0.25) is 0 Å². The Labute approximate surface area is 117 Å². The highest BCUT2D eigenvalue weighted by molar-refractivity contribution is 6.32. The average molecular weight is 284 g/mol. The molecule has 0 aliphatic carbocycles. The van der Waals surface area contributed by atoms with Crippen LogP contribution >= 0.6 is 11.6 Å². The molecule has 1 aromatic rings. The van der Waals surface area contributed by atoms with Crippen LogP contribution in [0.4, 0.5) is 5.82 Å². The van der Waals surface area contributed by atoms with Gasteiger partial charge in [-0.25, -0.2) is 9.97 Å². The number of piperazine rings is 1. The quantitative estimate of drug-likeness (QED) is 0.631. The number of carbonyl (C=O) groups is 1. The van der Waals surface area contributed by atoms with Crippen LogP contribution in [0.15, 0.2) is 6.33 Å². The highest BCUT2D eigenvalue weighted by Crippen LogP contribution is 2.16. The zero-order chi connectivity index (χ0) is 13.7. The van der Waals surface area contributed by atoms with E-state index in [1.807, 2.05) is 0 Å². The van der Waals surface area contributed by atoms with E-state index in [4.69, 9.17) is 11.6 Å². The lowest BCUT2D eigenvalue weighted by Crippen LogP contribution is -2.45. The molecular formula is C12H18ClN5O. The van der Waals surface area contributed by atoms with Gasteiger partial charge in [0.1, 0.15) is 17.3 Å². The predicted octanol–water partition coefficient (Wildman–Crippen LogP) is 0.602. The van der Waals surface area contributed by atoms with Crippen LogP contribution in [-0.4, -0.2) is 72.4 Å². The number of nitrogens with one attached hydrogen (secondary N) is 1. The summed E-state index contributed by atoms with van der Waals surface area (Å²) in [6, 6.07) is 0. The van der Waals surface area contributed by atoms with Gasteiger partial charge in [0.15, 0.2) is 6.29 Å². The molecular weight excluding hydrogens is 266 g/mol. The Kier molecular flexibility index (Phi) is 5.07. The van der Waals surface area contributed by atoms with Gasteiger partial charge in [-0.2, -0.15) is 0 Å². The summed E-state index contributed by atoms with van der Waals surface area (Å²) >= 11 is 5.83. The van der Waals surface area contributed by atoms with Crippen molar-refractivity contribution >= 4 is 23.7 Å². The minimum atomic E-state index is 0.187. The monoisotopic (exact) mass is 283 g/mol. The van der Waals surface area contributed by atoms with Crippen molar-refractivity contribution in [2.75, 3.05) is 51.6 Å². The number of nitrogens with zero attached hydrogens (tertiary/aromatic N) is 4. The molecule has 1 saturated heterocycles. The minimum absolute atomic E-state index is 0.187. The fraction of sp³-hybridized carbons (Fsp3) is 0.583. The second kappa shape index (κ2) is 6.79. The third-order valence-corrected chi connectivity index (χ3v) is 3.57. The van der Waals surface area contributed by atoms with Crippen LogP contribution in [0.25, 0.3) is 0 Å². The summed E-state index contributed by atoms with van der Waals surface area (Å²) in [5.41, 5.74) is 0.322. The van der Waals surface area contributed by atoms with Crippen molar-refractivity contribution in [1.82, 2.24) is 19.8 Å². The van der Waals surface area contributed by atoms with Crippen molar-refractivity contribution in [2.24, 2.45) is 0 Å². The Morgan fingerprint density at radius 1 is 1.37 bits per heavy atom. The van der Waals surface area contributed by atoms with Crippen molar-refractivity contribution in [3.05, 3.63) is 17.0 Å². The Morgan fingerprint density at radius 3 is 2.79 bits per heavy atom. The summed E-state index contributed by atoms with van der Waals surface area (Å²) in [5, 5.41) is 3.33. The largest absolute Gasteiger partial charge is 0.368 e. The van der Waals surface area contributed by atoms with Crippen LogP contribution in [0, 0.1) is 0 Å². The molecule has 0 amide bonds. The second-order valence-electron chi connectivity index (χ2n) is 4.62. The van der Waals surface area contributed by atoms with Crippen molar-refractivity contribution in [1.29, 1.82) is 0 Å². The highest BCUT2D eigenvalue weighted by atomic mass is 35.5. The lowest BCUT2D eigenvalue weighted by molar-refractivity contribution is 0.112. The molecule has 0 saturated carbocycles. The molecule has 6 nitrogen and oxygen atoms in total. The van der Waals surface area contributed by atoms with Crippen molar-refractivity contribution in [3.8, 4) is 0 Å². The molecule has 104 valence electrons. The first-order chi connectivity index (χ1) is 9.20. The fourth-order valence-corrected chi connectivity index (χ4v) is 2.20. The van der Waals surface area contributed by atoms with Gasteiger partial charge in [0, 0.05) is 39.3 Å². The van der Waals surface area contributed by atoms with E-state index in [0.29, 0.717) is 17.7 Å². The van der Waals surface area contributed by atoms with Crippen LogP contribution in [-0.2, 0) is 0 Å². The normalized spacial score (nSPS) is 17.4. The maximum atomic E-state index is 10.9. The first kappa shape index (κ1) is 14.2. The third kappa shape index (κ3) is 3.86. The average Bonchev–Trinajstić information content (AvgIpc) is 2.41. The number of aldehydes is 1. The van der Waals surface area contributed by atoms with E-state index in [0.717, 1.165) is 39.3 Å². The van der Waals surface area contributed by atoms with E-state index in [2.05, 4.69) is 32.1 Å². The summed E-state index contributed by atoms with van der Waals surface area (Å²) in [7, 11) is 2.13. The van der Waals surface area contributed by atoms with E-state index >= 15 is 0 Å². The van der Waals surface area contributed by atoms with Gasteiger partial charge in [-0.3, -0.25) is 9.69 Å². The topological polar surface area (TPSA) is 61.4 Å². The molecule has 0 spiro atoms. The Balaban J connectivity index is 1.83. The zero-order valence-corrected chi connectivity index (χ0v) is 11.7. The van der Waals surface area contributed by atoms with E-state index in [1.54, 1.807) is 0 Å². The molecule has 1 aliphatic rings. The molecule has 0 aromatic carbocycles. The van der Waals surface area contributed by atoms with Gasteiger partial charge in [-0.1, -0.05) is 11.6 Å². The number of likely N-dealkylation sites (N-methyl/N-ethyl adjacent to an activating group) is 1. The molecule has 7 heteroatoms. The number of rotatable bonds is 5. The number of carbonyl (C=O) groups excluding carboxylic acids is 1. The summed E-state index contributed by atoms with van der Waals surface area (Å²) in [6.07, 6.45) is 2.04. The molecule has 2 rings (SSSR count). The number of halogens is 1. The molecule has 0 unspecified atom stereocenters. The maximum absolute atomic E-state index is 10.9. The van der Waals surface area contributed by atoms with Crippen LogP contribution in [0.2, 0.25) is 5.15 Å². The molecule has 2 heterocycles. The van der Waals surface area contributed by atoms with Gasteiger partial charge in [0.25, 0.3) is 0 Å². The SMILES string of the molecule is CN1CCN(CCNc2ncnc(Cl)c2C=O)CC1. The number of hydrogen-bond acceptors (Lipinski definition) is 6. The van der Waals surface area contributed by atoms with Gasteiger partial charge in [-0.05, 0) is 7.05 Å². The fourth-order valence-electron chi connectivity index (χ4n) is 2.02. The van der Waals surface area contributed by atoms with E-state index in [-0.39, 0.29) is 5.15 Å². The third-order valence-electron chi connectivity index (χ3n) is 3.27. The first-order valence-electron chi connectivity index (χ1n) is 6.31. The Bertz CT molecular complexity index is 434. The van der Waals surface area contributed by atoms with Gasteiger partial charge < -0.3 is 10.2 Å². The van der Waals surface area contributed by atoms with Gasteiger partial charge >= 0.3 is 0 Å². The highest BCUT2D eigenvalue weighted by Gasteiger charge is 2.13. The smallest absolute Gasteiger partial charge is 0.156 e. The zero-order valence-electron chi connectivity index (χ0n) is 11.0. The van der Waals surface area contributed by atoms with Crippen molar-refractivity contribution in [2.45, 2.75) is 0 Å². The maximum Gasteiger partial charge on any atom is 0.156 e. The molecule has 19 heavy (non-hydrogen) atoms. The van der Waals surface area contributed by atoms with Crippen LogP contribution in [0.3, 0.4) is 0 Å². The summed E-state index contributed by atoms with van der Waals surface area (Å²) in [6.45, 7) is 6.00. The predicted molar refractivity (Wildman–Crippen MR) is 74.9 cm³/mol. The van der Waals surface area contributed by atoms with E-state index in [9.17, 15) is 4.79 Å². The summed E-state index contributed by atoms with van der Waals surface area (Å²) in [5.74, 6) is 0.504. The Hall–Kier alpha value is -1.24. The Morgan fingerprint density at radius 2 is 2.11 bits per heavy atom.